The van der Waals surface area contributed by atoms with Gasteiger partial charge < -0.3 is 9.80 Å². The molecule has 0 N–H and O–H groups in total. The fourth-order valence-corrected chi connectivity index (χ4v) is 6.82. The van der Waals surface area contributed by atoms with Crippen LogP contribution in [0.25, 0.3) is 0 Å². The fourth-order valence-electron chi connectivity index (χ4n) is 5.92. The molecule has 3 heterocycles. The highest BCUT2D eigenvalue weighted by atomic mass is 32.1. The minimum absolute atomic E-state index is 0.0365. The van der Waals surface area contributed by atoms with Gasteiger partial charge in [0.2, 0.25) is 5.91 Å². The molecule has 206 valence electrons. The second-order valence-corrected chi connectivity index (χ2v) is 11.8. The number of fused-ring (bicyclic) bond motifs is 1. The molecule has 1 fully saturated rings. The van der Waals surface area contributed by atoms with Gasteiger partial charge in [-0.3, -0.25) is 14.5 Å². The van der Waals surface area contributed by atoms with E-state index in [1.807, 2.05) is 34.9 Å². The number of benzene rings is 2. The summed E-state index contributed by atoms with van der Waals surface area (Å²) in [5.41, 5.74) is 4.13. The SMILES string of the molecule is CCCCc1ccc(C(=O)N2CCN(C(=O)CCN3CCc4sccc4[C@@H]3c3cccc(F)c3)C[C@@H]2C)cc1. The molecule has 2 aliphatic rings. The number of piperazine rings is 1. The number of aryl methyl sites for hydroxylation is 1. The molecule has 2 amide bonds. The average Bonchev–Trinajstić information content (AvgIpc) is 3.43. The number of hydrogen-bond acceptors (Lipinski definition) is 4. The van der Waals surface area contributed by atoms with Crippen molar-refractivity contribution in [2.45, 2.75) is 58.0 Å². The third kappa shape index (κ3) is 6.25. The second kappa shape index (κ2) is 12.4. The van der Waals surface area contributed by atoms with Crippen LogP contribution in [-0.4, -0.2) is 65.3 Å². The molecule has 0 spiro atoms. The number of carbonyl (C=O) groups excluding carboxylic acids is 2. The zero-order valence-corrected chi connectivity index (χ0v) is 23.8. The summed E-state index contributed by atoms with van der Waals surface area (Å²) in [4.78, 5) is 34.0. The molecule has 2 aromatic carbocycles. The van der Waals surface area contributed by atoms with E-state index in [9.17, 15) is 14.0 Å². The van der Waals surface area contributed by atoms with Crippen LogP contribution in [0.4, 0.5) is 4.39 Å². The number of carbonyl (C=O) groups is 2. The summed E-state index contributed by atoms with van der Waals surface area (Å²) < 4.78 is 14.1. The Morgan fingerprint density at radius 2 is 1.87 bits per heavy atom. The van der Waals surface area contributed by atoms with Gasteiger partial charge in [-0.2, -0.15) is 0 Å². The molecule has 0 radical (unpaired) electrons. The lowest BCUT2D eigenvalue weighted by atomic mass is 9.93. The van der Waals surface area contributed by atoms with Crippen molar-refractivity contribution >= 4 is 23.2 Å². The molecule has 1 saturated heterocycles. The normalized spacial score (nSPS) is 19.7. The fraction of sp³-hybridized carbons (Fsp3) is 0.438. The predicted molar refractivity (Wildman–Crippen MR) is 155 cm³/mol. The summed E-state index contributed by atoms with van der Waals surface area (Å²) in [7, 11) is 0. The van der Waals surface area contributed by atoms with Gasteiger partial charge in [-0.25, -0.2) is 4.39 Å². The van der Waals surface area contributed by atoms with Gasteiger partial charge in [0, 0.05) is 55.6 Å². The van der Waals surface area contributed by atoms with E-state index in [0.29, 0.717) is 38.2 Å². The number of unbranched alkanes of at least 4 members (excludes halogenated alkanes) is 1. The monoisotopic (exact) mass is 547 g/mol. The topological polar surface area (TPSA) is 43.9 Å². The molecular weight excluding hydrogens is 509 g/mol. The summed E-state index contributed by atoms with van der Waals surface area (Å²) in [6, 6.07) is 16.9. The molecule has 7 heteroatoms. The van der Waals surface area contributed by atoms with Gasteiger partial charge in [0.1, 0.15) is 5.82 Å². The number of hydrogen-bond donors (Lipinski definition) is 0. The van der Waals surface area contributed by atoms with Crippen LogP contribution in [0.2, 0.25) is 0 Å². The van der Waals surface area contributed by atoms with Crippen LogP contribution < -0.4 is 0 Å². The van der Waals surface area contributed by atoms with E-state index in [0.717, 1.165) is 37.8 Å². The number of amides is 2. The van der Waals surface area contributed by atoms with Crippen molar-refractivity contribution < 1.29 is 14.0 Å². The first kappa shape index (κ1) is 27.5. The molecule has 2 aliphatic heterocycles. The lowest BCUT2D eigenvalue weighted by molar-refractivity contribution is -0.134. The van der Waals surface area contributed by atoms with E-state index >= 15 is 0 Å². The minimum Gasteiger partial charge on any atom is -0.339 e. The Balaban J connectivity index is 1.18. The molecule has 5 nitrogen and oxygen atoms in total. The molecule has 2 atom stereocenters. The summed E-state index contributed by atoms with van der Waals surface area (Å²) in [5.74, 6) is -0.0856. The molecule has 0 saturated carbocycles. The van der Waals surface area contributed by atoms with Gasteiger partial charge in [-0.05, 0) is 78.6 Å². The van der Waals surface area contributed by atoms with Crippen LogP contribution in [0.1, 0.15) is 71.1 Å². The maximum atomic E-state index is 14.1. The standard InChI is InChI=1S/C32H38FN3O2S/c1-3-4-6-24-9-11-25(12-10-24)32(38)36-19-18-35(22-23(36)2)30(37)14-17-34-16-13-29-28(15-20-39-29)31(34)26-7-5-8-27(33)21-26/h5,7-12,15,20-21,23,31H,3-4,6,13-14,16-19,22H2,1-2H3/t23-,31-/m0/s1. The van der Waals surface area contributed by atoms with Crippen molar-refractivity contribution in [3.8, 4) is 0 Å². The van der Waals surface area contributed by atoms with Crippen molar-refractivity contribution in [3.63, 3.8) is 0 Å². The third-order valence-corrected chi connectivity index (χ3v) is 9.10. The number of nitrogens with zero attached hydrogens (tertiary/aromatic N) is 3. The van der Waals surface area contributed by atoms with Crippen molar-refractivity contribution in [3.05, 3.63) is 92.9 Å². The summed E-state index contributed by atoms with van der Waals surface area (Å²) >= 11 is 1.75. The highest BCUT2D eigenvalue weighted by molar-refractivity contribution is 7.10. The van der Waals surface area contributed by atoms with Gasteiger partial charge in [-0.1, -0.05) is 37.6 Å². The van der Waals surface area contributed by atoms with Crippen LogP contribution in [0.15, 0.2) is 60.0 Å². The quantitative estimate of drug-likeness (QED) is 0.351. The first-order valence-corrected chi connectivity index (χ1v) is 15.1. The Kier molecular flexibility index (Phi) is 8.78. The van der Waals surface area contributed by atoms with Gasteiger partial charge in [0.05, 0.1) is 6.04 Å². The Labute approximate surface area is 235 Å². The average molecular weight is 548 g/mol. The maximum absolute atomic E-state index is 14.1. The van der Waals surface area contributed by atoms with Crippen molar-refractivity contribution in [1.29, 1.82) is 0 Å². The third-order valence-electron chi connectivity index (χ3n) is 8.10. The molecule has 1 aromatic heterocycles. The Morgan fingerprint density at radius 3 is 2.62 bits per heavy atom. The summed E-state index contributed by atoms with van der Waals surface area (Å²) in [6.45, 7) is 7.30. The van der Waals surface area contributed by atoms with Crippen LogP contribution in [0, 0.1) is 5.82 Å². The maximum Gasteiger partial charge on any atom is 0.254 e. The molecule has 5 rings (SSSR count). The van der Waals surface area contributed by atoms with Crippen molar-refractivity contribution in [2.75, 3.05) is 32.7 Å². The van der Waals surface area contributed by atoms with Crippen LogP contribution in [0.3, 0.4) is 0 Å². The van der Waals surface area contributed by atoms with E-state index in [1.54, 1.807) is 23.5 Å². The Morgan fingerprint density at radius 1 is 1.05 bits per heavy atom. The second-order valence-electron chi connectivity index (χ2n) is 10.8. The van der Waals surface area contributed by atoms with E-state index < -0.39 is 0 Å². The highest BCUT2D eigenvalue weighted by Gasteiger charge is 2.33. The number of rotatable bonds is 8. The molecule has 3 aromatic rings. The van der Waals surface area contributed by atoms with E-state index in [1.165, 1.54) is 22.1 Å². The molecule has 0 bridgehead atoms. The van der Waals surface area contributed by atoms with Gasteiger partial charge >= 0.3 is 0 Å². The largest absolute Gasteiger partial charge is 0.339 e. The van der Waals surface area contributed by atoms with Crippen molar-refractivity contribution in [2.24, 2.45) is 0 Å². The predicted octanol–water partition coefficient (Wildman–Crippen LogP) is 5.94. The molecule has 0 unspecified atom stereocenters. The Bertz CT molecular complexity index is 1290. The highest BCUT2D eigenvalue weighted by Crippen LogP contribution is 2.38. The molecule has 0 aliphatic carbocycles. The van der Waals surface area contributed by atoms with Gasteiger partial charge in [0.25, 0.3) is 5.91 Å². The van der Waals surface area contributed by atoms with E-state index in [4.69, 9.17) is 0 Å². The van der Waals surface area contributed by atoms with Crippen molar-refractivity contribution in [1.82, 2.24) is 14.7 Å². The zero-order valence-electron chi connectivity index (χ0n) is 22.9. The lowest BCUT2D eigenvalue weighted by Crippen LogP contribution is -2.55. The van der Waals surface area contributed by atoms with E-state index in [2.05, 4.69) is 35.4 Å². The zero-order chi connectivity index (χ0) is 27.4. The van der Waals surface area contributed by atoms with Crippen LogP contribution in [-0.2, 0) is 17.6 Å². The first-order valence-electron chi connectivity index (χ1n) is 14.2. The summed E-state index contributed by atoms with van der Waals surface area (Å²) in [6.07, 6.45) is 4.70. The smallest absolute Gasteiger partial charge is 0.254 e. The Hall–Kier alpha value is -3.03. The number of thiophene rings is 1. The minimum atomic E-state index is -0.236. The first-order chi connectivity index (χ1) is 18.9. The van der Waals surface area contributed by atoms with E-state index in [-0.39, 0.29) is 29.7 Å². The molecular formula is C32H38FN3O2S. The van der Waals surface area contributed by atoms with Crippen LogP contribution >= 0.6 is 11.3 Å². The van der Waals surface area contributed by atoms with Gasteiger partial charge in [0.15, 0.2) is 0 Å². The number of halogens is 1. The lowest BCUT2D eigenvalue weighted by Gasteiger charge is -2.41. The van der Waals surface area contributed by atoms with Gasteiger partial charge in [-0.15, -0.1) is 11.3 Å². The van der Waals surface area contributed by atoms with Crippen LogP contribution in [0.5, 0.6) is 0 Å². The molecule has 39 heavy (non-hydrogen) atoms. The summed E-state index contributed by atoms with van der Waals surface area (Å²) in [5, 5.41) is 2.11.